The van der Waals surface area contributed by atoms with Gasteiger partial charge in [-0.15, -0.1) is 0 Å². The van der Waals surface area contributed by atoms with E-state index in [2.05, 4.69) is 18.3 Å². The SMILES string of the molecule is CNC(Cc1cccc(F)c1)c1cc(C)ccc1OC. The Hall–Kier alpha value is -1.87. The fourth-order valence-corrected chi connectivity index (χ4v) is 2.39. The van der Waals surface area contributed by atoms with Crippen molar-refractivity contribution in [2.45, 2.75) is 19.4 Å². The van der Waals surface area contributed by atoms with Gasteiger partial charge in [0.2, 0.25) is 0 Å². The summed E-state index contributed by atoms with van der Waals surface area (Å²) in [5.41, 5.74) is 3.24. The summed E-state index contributed by atoms with van der Waals surface area (Å²) in [6.07, 6.45) is 0.716. The van der Waals surface area contributed by atoms with Gasteiger partial charge in [-0.1, -0.05) is 29.8 Å². The van der Waals surface area contributed by atoms with Crippen LogP contribution in [0.2, 0.25) is 0 Å². The molecule has 20 heavy (non-hydrogen) atoms. The van der Waals surface area contributed by atoms with Gasteiger partial charge in [0.1, 0.15) is 11.6 Å². The zero-order chi connectivity index (χ0) is 14.5. The van der Waals surface area contributed by atoms with Crippen LogP contribution in [0.25, 0.3) is 0 Å². The Kier molecular flexibility index (Phi) is 4.74. The van der Waals surface area contributed by atoms with Crippen LogP contribution >= 0.6 is 0 Å². The number of benzene rings is 2. The van der Waals surface area contributed by atoms with Gasteiger partial charge in [0.15, 0.2) is 0 Å². The third-order valence-corrected chi connectivity index (χ3v) is 3.44. The molecule has 0 aliphatic carbocycles. The van der Waals surface area contributed by atoms with E-state index in [1.807, 2.05) is 25.2 Å². The molecule has 1 N–H and O–H groups in total. The first-order valence-electron chi connectivity index (χ1n) is 6.70. The van der Waals surface area contributed by atoms with Crippen LogP contribution in [-0.2, 0) is 6.42 Å². The largest absolute Gasteiger partial charge is 0.496 e. The molecule has 0 fully saturated rings. The first-order valence-corrected chi connectivity index (χ1v) is 6.70. The number of aryl methyl sites for hydroxylation is 1. The van der Waals surface area contributed by atoms with E-state index in [4.69, 9.17) is 4.74 Å². The minimum Gasteiger partial charge on any atom is -0.496 e. The maximum Gasteiger partial charge on any atom is 0.123 e. The van der Waals surface area contributed by atoms with Crippen LogP contribution in [0, 0.1) is 12.7 Å². The molecule has 0 amide bonds. The average Bonchev–Trinajstić information content (AvgIpc) is 2.45. The zero-order valence-corrected chi connectivity index (χ0v) is 12.1. The van der Waals surface area contributed by atoms with Gasteiger partial charge in [0, 0.05) is 11.6 Å². The van der Waals surface area contributed by atoms with Crippen LogP contribution < -0.4 is 10.1 Å². The number of halogens is 1. The maximum absolute atomic E-state index is 13.3. The Morgan fingerprint density at radius 1 is 1.20 bits per heavy atom. The van der Waals surface area contributed by atoms with Crippen molar-refractivity contribution in [1.82, 2.24) is 5.32 Å². The van der Waals surface area contributed by atoms with Crippen molar-refractivity contribution in [1.29, 1.82) is 0 Å². The lowest BCUT2D eigenvalue weighted by atomic mass is 9.96. The third kappa shape index (κ3) is 3.36. The van der Waals surface area contributed by atoms with Crippen molar-refractivity contribution in [2.75, 3.05) is 14.2 Å². The second kappa shape index (κ2) is 6.53. The van der Waals surface area contributed by atoms with Crippen molar-refractivity contribution in [3.05, 3.63) is 65.0 Å². The van der Waals surface area contributed by atoms with Gasteiger partial charge in [-0.05, 0) is 44.2 Å². The fraction of sp³-hybridized carbons (Fsp3) is 0.294. The number of ether oxygens (including phenoxy) is 1. The smallest absolute Gasteiger partial charge is 0.123 e. The second-order valence-electron chi connectivity index (χ2n) is 4.92. The maximum atomic E-state index is 13.3. The van der Waals surface area contributed by atoms with E-state index in [0.29, 0.717) is 6.42 Å². The Morgan fingerprint density at radius 2 is 2.00 bits per heavy atom. The third-order valence-electron chi connectivity index (χ3n) is 3.44. The second-order valence-corrected chi connectivity index (χ2v) is 4.92. The Balaban J connectivity index is 2.30. The summed E-state index contributed by atoms with van der Waals surface area (Å²) in [5, 5.41) is 3.29. The minimum atomic E-state index is -0.200. The van der Waals surface area contributed by atoms with Gasteiger partial charge in [-0.2, -0.15) is 0 Å². The molecular formula is C17H20FNO. The monoisotopic (exact) mass is 273 g/mol. The van der Waals surface area contributed by atoms with Crippen molar-refractivity contribution < 1.29 is 9.13 Å². The lowest BCUT2D eigenvalue weighted by Gasteiger charge is -2.20. The number of methoxy groups -OCH3 is 1. The van der Waals surface area contributed by atoms with E-state index < -0.39 is 0 Å². The molecular weight excluding hydrogens is 253 g/mol. The average molecular weight is 273 g/mol. The first kappa shape index (κ1) is 14.5. The van der Waals surface area contributed by atoms with Crippen molar-refractivity contribution in [3.63, 3.8) is 0 Å². The first-order chi connectivity index (χ1) is 9.63. The van der Waals surface area contributed by atoms with Crippen molar-refractivity contribution in [3.8, 4) is 5.75 Å². The Morgan fingerprint density at radius 3 is 2.65 bits per heavy atom. The quantitative estimate of drug-likeness (QED) is 0.898. The van der Waals surface area contributed by atoms with Crippen LogP contribution in [0.15, 0.2) is 42.5 Å². The molecule has 0 spiro atoms. The normalized spacial score (nSPS) is 12.2. The van der Waals surface area contributed by atoms with Crippen molar-refractivity contribution in [2.24, 2.45) is 0 Å². The highest BCUT2D eigenvalue weighted by Crippen LogP contribution is 2.28. The predicted molar refractivity (Wildman–Crippen MR) is 79.6 cm³/mol. The number of rotatable bonds is 5. The number of likely N-dealkylation sites (N-methyl/N-ethyl adjacent to an activating group) is 1. The summed E-state index contributed by atoms with van der Waals surface area (Å²) in [4.78, 5) is 0. The van der Waals surface area contributed by atoms with Gasteiger partial charge in [0.25, 0.3) is 0 Å². The standard InChI is InChI=1S/C17H20FNO/c1-12-7-8-17(20-3)15(9-12)16(19-2)11-13-5-4-6-14(18)10-13/h4-10,16,19H,11H2,1-3H3. The molecule has 0 saturated carbocycles. The van der Waals surface area contributed by atoms with E-state index in [9.17, 15) is 4.39 Å². The number of nitrogens with one attached hydrogen (secondary N) is 1. The van der Waals surface area contributed by atoms with Crippen LogP contribution in [0.4, 0.5) is 4.39 Å². The highest BCUT2D eigenvalue weighted by molar-refractivity contribution is 5.40. The Labute approximate surface area is 119 Å². The molecule has 2 aromatic carbocycles. The highest BCUT2D eigenvalue weighted by atomic mass is 19.1. The molecule has 0 radical (unpaired) electrons. The number of hydrogen-bond acceptors (Lipinski definition) is 2. The van der Waals surface area contributed by atoms with E-state index in [1.54, 1.807) is 19.2 Å². The lowest BCUT2D eigenvalue weighted by molar-refractivity contribution is 0.401. The van der Waals surface area contributed by atoms with Gasteiger partial charge >= 0.3 is 0 Å². The molecule has 0 heterocycles. The summed E-state index contributed by atoms with van der Waals surface area (Å²) in [6.45, 7) is 2.05. The highest BCUT2D eigenvalue weighted by Gasteiger charge is 2.15. The van der Waals surface area contributed by atoms with E-state index in [1.165, 1.54) is 11.6 Å². The molecule has 2 rings (SSSR count). The summed E-state index contributed by atoms with van der Waals surface area (Å²) in [5.74, 6) is 0.653. The van der Waals surface area contributed by atoms with Gasteiger partial charge in [-0.25, -0.2) is 4.39 Å². The van der Waals surface area contributed by atoms with E-state index in [0.717, 1.165) is 16.9 Å². The molecule has 0 saturated heterocycles. The molecule has 0 aliphatic heterocycles. The number of hydrogen-bond donors (Lipinski definition) is 1. The summed E-state index contributed by atoms with van der Waals surface area (Å²) in [7, 11) is 3.58. The summed E-state index contributed by atoms with van der Waals surface area (Å²) < 4.78 is 18.7. The van der Waals surface area contributed by atoms with E-state index >= 15 is 0 Å². The van der Waals surface area contributed by atoms with Gasteiger partial charge in [0.05, 0.1) is 7.11 Å². The van der Waals surface area contributed by atoms with Crippen LogP contribution in [-0.4, -0.2) is 14.2 Å². The minimum absolute atomic E-state index is 0.0895. The molecule has 3 heteroatoms. The molecule has 1 unspecified atom stereocenters. The molecule has 2 aromatic rings. The Bertz CT molecular complexity index is 583. The molecule has 106 valence electrons. The molecule has 0 aliphatic rings. The van der Waals surface area contributed by atoms with Crippen molar-refractivity contribution >= 4 is 0 Å². The summed E-state index contributed by atoms with van der Waals surface area (Å²) >= 11 is 0. The zero-order valence-electron chi connectivity index (χ0n) is 12.1. The topological polar surface area (TPSA) is 21.3 Å². The molecule has 0 aromatic heterocycles. The summed E-state index contributed by atoms with van der Waals surface area (Å²) in [6, 6.07) is 12.9. The predicted octanol–water partition coefficient (Wildman–Crippen LogP) is 3.65. The van der Waals surface area contributed by atoms with Crippen LogP contribution in [0.1, 0.15) is 22.7 Å². The van der Waals surface area contributed by atoms with E-state index in [-0.39, 0.29) is 11.9 Å². The molecule has 1 atom stereocenters. The lowest BCUT2D eigenvalue weighted by Crippen LogP contribution is -2.19. The molecule has 2 nitrogen and oxygen atoms in total. The fourth-order valence-electron chi connectivity index (χ4n) is 2.39. The van der Waals surface area contributed by atoms with Gasteiger partial charge in [-0.3, -0.25) is 0 Å². The van der Waals surface area contributed by atoms with Crippen LogP contribution in [0.3, 0.4) is 0 Å². The molecule has 0 bridgehead atoms. The van der Waals surface area contributed by atoms with Crippen LogP contribution in [0.5, 0.6) is 5.75 Å². The van der Waals surface area contributed by atoms with Gasteiger partial charge < -0.3 is 10.1 Å².